The number of rotatable bonds is 10. The fourth-order valence-electron chi connectivity index (χ4n) is 3.98. The molecule has 0 unspecified atom stereocenters. The molecular formula is C18H32O2. The summed E-state index contributed by atoms with van der Waals surface area (Å²) >= 11 is 0. The maximum Gasteiger partial charge on any atom is 0.309 e. The van der Waals surface area contributed by atoms with E-state index in [0.29, 0.717) is 5.92 Å². The number of hydrogen-bond acceptors (Lipinski definition) is 2. The van der Waals surface area contributed by atoms with Crippen LogP contribution in [0.25, 0.3) is 0 Å². The van der Waals surface area contributed by atoms with E-state index in [-0.39, 0.29) is 18.0 Å². The van der Waals surface area contributed by atoms with Crippen LogP contribution in [0.5, 0.6) is 0 Å². The first-order valence-electron chi connectivity index (χ1n) is 9.03. The zero-order valence-electron chi connectivity index (χ0n) is 13.2. The smallest absolute Gasteiger partial charge is 0.309 e. The van der Waals surface area contributed by atoms with Gasteiger partial charge in [0.15, 0.2) is 0 Å². The molecule has 1 aliphatic heterocycles. The molecule has 116 valence electrons. The zero-order chi connectivity index (χ0) is 14.2. The molecule has 0 bridgehead atoms. The Balaban J connectivity index is 1.46. The Kier molecular flexibility index (Phi) is 6.89. The second-order valence-corrected chi connectivity index (χ2v) is 6.79. The largest absolute Gasteiger partial charge is 0.462 e. The summed E-state index contributed by atoms with van der Waals surface area (Å²) in [6.45, 7) is 2.27. The average Bonchev–Trinajstić information content (AvgIpc) is 3.02. The van der Waals surface area contributed by atoms with Crippen molar-refractivity contribution in [2.45, 2.75) is 96.5 Å². The fraction of sp³-hybridized carbons (Fsp3) is 0.944. The molecule has 1 heterocycles. The van der Waals surface area contributed by atoms with Crippen molar-refractivity contribution >= 4 is 5.97 Å². The summed E-state index contributed by atoms with van der Waals surface area (Å²) in [5.41, 5.74) is 0. The summed E-state index contributed by atoms with van der Waals surface area (Å²) in [4.78, 5) is 11.7. The first kappa shape index (κ1) is 15.9. The van der Waals surface area contributed by atoms with Crippen molar-refractivity contribution in [3.8, 4) is 0 Å². The minimum absolute atomic E-state index is 0.105. The highest BCUT2D eigenvalue weighted by Crippen LogP contribution is 2.42. The molecule has 0 N–H and O–H groups in total. The third-order valence-corrected chi connectivity index (χ3v) is 5.21. The van der Waals surface area contributed by atoms with Crippen molar-refractivity contribution in [1.82, 2.24) is 0 Å². The standard InChI is InChI=1S/C18H32O2/c1-2-3-4-5-6-7-8-9-10-14-17-15-12-11-13-16(15)18(19)20-17/h15-17H,2-14H2,1H3/t15-,16+,17-/m0/s1. The number of unbranched alkanes of at least 4 members (excludes halogenated alkanes) is 8. The molecule has 1 saturated carbocycles. The van der Waals surface area contributed by atoms with E-state index in [2.05, 4.69) is 6.92 Å². The van der Waals surface area contributed by atoms with Gasteiger partial charge in [-0.25, -0.2) is 0 Å². The first-order chi connectivity index (χ1) is 9.83. The quantitative estimate of drug-likeness (QED) is 0.403. The van der Waals surface area contributed by atoms with Crippen molar-refractivity contribution in [1.29, 1.82) is 0 Å². The normalized spacial score (nSPS) is 28.6. The van der Waals surface area contributed by atoms with Crippen LogP contribution in [0.15, 0.2) is 0 Å². The van der Waals surface area contributed by atoms with Crippen LogP contribution < -0.4 is 0 Å². The molecule has 0 aromatic carbocycles. The molecule has 0 aromatic rings. The third-order valence-electron chi connectivity index (χ3n) is 5.21. The Morgan fingerprint density at radius 1 is 0.950 bits per heavy atom. The van der Waals surface area contributed by atoms with Gasteiger partial charge in [-0.2, -0.15) is 0 Å². The summed E-state index contributed by atoms with van der Waals surface area (Å²) in [6.07, 6.45) is 17.2. The van der Waals surface area contributed by atoms with Gasteiger partial charge in [0.05, 0.1) is 5.92 Å². The molecule has 0 spiro atoms. The van der Waals surface area contributed by atoms with Gasteiger partial charge in [0, 0.05) is 5.92 Å². The predicted octanol–water partition coefficient (Wildman–Crippen LogP) is 5.25. The van der Waals surface area contributed by atoms with Gasteiger partial charge in [0.2, 0.25) is 0 Å². The van der Waals surface area contributed by atoms with E-state index in [1.54, 1.807) is 0 Å². The van der Waals surface area contributed by atoms with Crippen LogP contribution in [0.1, 0.15) is 90.4 Å². The third kappa shape index (κ3) is 4.49. The SMILES string of the molecule is CCCCCCCCCCC[C@@H]1OC(=O)[C@@H]2CCC[C@H]12. The minimum atomic E-state index is 0.105. The average molecular weight is 280 g/mol. The number of fused-ring (bicyclic) bond motifs is 1. The predicted molar refractivity (Wildman–Crippen MR) is 82.6 cm³/mol. The second-order valence-electron chi connectivity index (χ2n) is 6.79. The van der Waals surface area contributed by atoms with Gasteiger partial charge in [-0.15, -0.1) is 0 Å². The van der Waals surface area contributed by atoms with E-state index < -0.39 is 0 Å². The molecular weight excluding hydrogens is 248 g/mol. The highest BCUT2D eigenvalue weighted by atomic mass is 16.6. The maximum absolute atomic E-state index is 11.7. The van der Waals surface area contributed by atoms with Crippen molar-refractivity contribution < 1.29 is 9.53 Å². The van der Waals surface area contributed by atoms with Gasteiger partial charge < -0.3 is 4.74 Å². The lowest BCUT2D eigenvalue weighted by molar-refractivity contribution is -0.144. The number of carbonyl (C=O) groups is 1. The summed E-state index contributed by atoms with van der Waals surface area (Å²) in [5, 5.41) is 0. The molecule has 1 saturated heterocycles. The van der Waals surface area contributed by atoms with Crippen molar-refractivity contribution in [3.05, 3.63) is 0 Å². The van der Waals surface area contributed by atoms with E-state index in [1.165, 1.54) is 70.6 Å². The van der Waals surface area contributed by atoms with E-state index in [0.717, 1.165) is 12.8 Å². The summed E-state index contributed by atoms with van der Waals surface area (Å²) in [6, 6.07) is 0. The van der Waals surface area contributed by atoms with Gasteiger partial charge >= 0.3 is 5.97 Å². The summed E-state index contributed by atoms with van der Waals surface area (Å²) < 4.78 is 5.56. The van der Waals surface area contributed by atoms with E-state index >= 15 is 0 Å². The summed E-state index contributed by atoms with van der Waals surface area (Å²) in [7, 11) is 0. The van der Waals surface area contributed by atoms with Crippen molar-refractivity contribution in [2.24, 2.45) is 11.8 Å². The minimum Gasteiger partial charge on any atom is -0.462 e. The number of ether oxygens (including phenoxy) is 1. The monoisotopic (exact) mass is 280 g/mol. The van der Waals surface area contributed by atoms with Crippen molar-refractivity contribution in [2.75, 3.05) is 0 Å². The zero-order valence-corrected chi connectivity index (χ0v) is 13.2. The molecule has 0 aromatic heterocycles. The van der Waals surface area contributed by atoms with Gasteiger partial charge in [0.1, 0.15) is 6.10 Å². The maximum atomic E-state index is 11.7. The highest BCUT2D eigenvalue weighted by molar-refractivity contribution is 5.75. The Morgan fingerprint density at radius 3 is 2.30 bits per heavy atom. The van der Waals surface area contributed by atoms with E-state index in [9.17, 15) is 4.79 Å². The Bertz CT molecular complexity index is 287. The van der Waals surface area contributed by atoms with Crippen LogP contribution in [0.3, 0.4) is 0 Å². The first-order valence-corrected chi connectivity index (χ1v) is 9.03. The molecule has 2 heteroatoms. The molecule has 2 fully saturated rings. The molecule has 3 atom stereocenters. The Hall–Kier alpha value is -0.530. The lowest BCUT2D eigenvalue weighted by Gasteiger charge is -2.15. The number of hydrogen-bond donors (Lipinski definition) is 0. The molecule has 0 amide bonds. The van der Waals surface area contributed by atoms with Crippen LogP contribution in [0.4, 0.5) is 0 Å². The molecule has 20 heavy (non-hydrogen) atoms. The Labute approximate surface area is 124 Å². The van der Waals surface area contributed by atoms with Crippen LogP contribution in [-0.2, 0) is 9.53 Å². The van der Waals surface area contributed by atoms with E-state index in [1.807, 2.05) is 0 Å². The van der Waals surface area contributed by atoms with Crippen LogP contribution >= 0.6 is 0 Å². The summed E-state index contributed by atoms with van der Waals surface area (Å²) in [5.74, 6) is 0.934. The Morgan fingerprint density at radius 2 is 1.60 bits per heavy atom. The number of cyclic esters (lactones) is 1. The molecule has 0 radical (unpaired) electrons. The number of carbonyl (C=O) groups excluding carboxylic acids is 1. The highest BCUT2D eigenvalue weighted by Gasteiger charge is 2.46. The molecule has 2 aliphatic rings. The number of esters is 1. The molecule has 2 nitrogen and oxygen atoms in total. The fourth-order valence-corrected chi connectivity index (χ4v) is 3.98. The lowest BCUT2D eigenvalue weighted by Crippen LogP contribution is -2.16. The van der Waals surface area contributed by atoms with Gasteiger partial charge in [0.25, 0.3) is 0 Å². The van der Waals surface area contributed by atoms with Gasteiger partial charge in [-0.3, -0.25) is 4.79 Å². The van der Waals surface area contributed by atoms with Gasteiger partial charge in [-0.05, 0) is 25.7 Å². The van der Waals surface area contributed by atoms with E-state index in [4.69, 9.17) is 4.74 Å². The van der Waals surface area contributed by atoms with Crippen molar-refractivity contribution in [3.63, 3.8) is 0 Å². The van der Waals surface area contributed by atoms with Crippen LogP contribution in [0.2, 0.25) is 0 Å². The van der Waals surface area contributed by atoms with Gasteiger partial charge in [-0.1, -0.05) is 64.7 Å². The van der Waals surface area contributed by atoms with Crippen LogP contribution in [-0.4, -0.2) is 12.1 Å². The second kappa shape index (κ2) is 8.69. The molecule has 1 aliphatic carbocycles. The molecule has 2 rings (SSSR count). The topological polar surface area (TPSA) is 26.3 Å². The lowest BCUT2D eigenvalue weighted by atomic mass is 9.91. The van der Waals surface area contributed by atoms with Crippen LogP contribution in [0, 0.1) is 11.8 Å².